The van der Waals surface area contributed by atoms with Crippen LogP contribution in [0.3, 0.4) is 0 Å². The van der Waals surface area contributed by atoms with E-state index in [0.717, 1.165) is 4.90 Å². The van der Waals surface area contributed by atoms with Crippen LogP contribution >= 0.6 is 11.6 Å². The van der Waals surface area contributed by atoms with Gasteiger partial charge in [0.05, 0.1) is 42.2 Å². The molecule has 0 saturated heterocycles. The predicted molar refractivity (Wildman–Crippen MR) is 126 cm³/mol. The summed E-state index contributed by atoms with van der Waals surface area (Å²) in [6.07, 6.45) is 0. The molecule has 9 nitrogen and oxygen atoms in total. The average Bonchev–Trinajstić information content (AvgIpc) is 3.06. The number of fused-ring (bicyclic) bond motifs is 1. The molecule has 2 aromatic rings. The van der Waals surface area contributed by atoms with E-state index in [-0.39, 0.29) is 41.8 Å². The van der Waals surface area contributed by atoms with Gasteiger partial charge in [0.15, 0.2) is 0 Å². The molecule has 35 heavy (non-hydrogen) atoms. The molecule has 10 heteroatoms. The molecule has 0 aliphatic carbocycles. The first-order valence-electron chi connectivity index (χ1n) is 10.7. The monoisotopic (exact) mass is 496 g/mol. The van der Waals surface area contributed by atoms with Crippen LogP contribution in [0.1, 0.15) is 39.1 Å². The zero-order valence-electron chi connectivity index (χ0n) is 18.6. The number of rotatable bonds is 8. The third-order valence-corrected chi connectivity index (χ3v) is 6.37. The maximum absolute atomic E-state index is 12.5. The molecule has 180 valence electrons. The lowest BCUT2D eigenvalue weighted by Crippen LogP contribution is -2.36. The third-order valence-electron chi connectivity index (χ3n) is 6.03. The summed E-state index contributed by atoms with van der Waals surface area (Å²) in [7, 11) is 0. The van der Waals surface area contributed by atoms with E-state index < -0.39 is 35.6 Å². The topological polar surface area (TPSA) is 134 Å². The fourth-order valence-electron chi connectivity index (χ4n) is 4.45. The number of carboxylic acids is 2. The molecule has 0 spiro atoms. The SMILES string of the molecule is CC1=NC(COCCN2C(=O)c3ccccc3C2=O)=C(C(=O)O)C(c2ccccc2Cl)C1C(=O)O. The van der Waals surface area contributed by atoms with Crippen LogP contribution in [-0.2, 0) is 14.3 Å². The minimum atomic E-state index is -1.34. The second kappa shape index (κ2) is 9.81. The molecule has 2 aromatic carbocycles. The molecular formula is C25H21ClN2O7. The van der Waals surface area contributed by atoms with Gasteiger partial charge in [-0.15, -0.1) is 0 Å². The summed E-state index contributed by atoms with van der Waals surface area (Å²) in [5.41, 5.74) is 1.05. The fourth-order valence-corrected chi connectivity index (χ4v) is 4.70. The van der Waals surface area contributed by atoms with Crippen molar-refractivity contribution in [2.45, 2.75) is 12.8 Å². The van der Waals surface area contributed by atoms with Crippen molar-refractivity contribution < 1.29 is 34.1 Å². The number of aliphatic imine (C=N–C) groups is 1. The van der Waals surface area contributed by atoms with E-state index in [2.05, 4.69) is 4.99 Å². The van der Waals surface area contributed by atoms with Gasteiger partial charge in [-0.3, -0.25) is 24.3 Å². The summed E-state index contributed by atoms with van der Waals surface area (Å²) in [6, 6.07) is 13.0. The van der Waals surface area contributed by atoms with Gasteiger partial charge in [0.25, 0.3) is 11.8 Å². The van der Waals surface area contributed by atoms with Crippen LogP contribution in [0.25, 0.3) is 0 Å². The van der Waals surface area contributed by atoms with Crippen molar-refractivity contribution in [2.24, 2.45) is 10.9 Å². The summed E-state index contributed by atoms with van der Waals surface area (Å²) in [5, 5.41) is 20.1. The van der Waals surface area contributed by atoms with Crippen LogP contribution in [0.5, 0.6) is 0 Å². The van der Waals surface area contributed by atoms with Gasteiger partial charge in [0.2, 0.25) is 0 Å². The number of carbonyl (C=O) groups is 4. The number of ether oxygens (including phenoxy) is 1. The van der Waals surface area contributed by atoms with Crippen molar-refractivity contribution >= 4 is 41.1 Å². The highest BCUT2D eigenvalue weighted by Gasteiger charge is 2.42. The molecular weight excluding hydrogens is 476 g/mol. The first-order valence-corrected chi connectivity index (χ1v) is 11.1. The van der Waals surface area contributed by atoms with Crippen LogP contribution in [0, 0.1) is 5.92 Å². The van der Waals surface area contributed by atoms with Gasteiger partial charge in [-0.1, -0.05) is 41.9 Å². The zero-order chi connectivity index (χ0) is 25.3. The number of benzene rings is 2. The Morgan fingerprint density at radius 2 is 1.63 bits per heavy atom. The van der Waals surface area contributed by atoms with Crippen LogP contribution in [-0.4, -0.2) is 64.3 Å². The molecule has 2 atom stereocenters. The third kappa shape index (κ3) is 4.48. The summed E-state index contributed by atoms with van der Waals surface area (Å²) < 4.78 is 5.61. The molecule has 0 radical (unpaired) electrons. The number of carbonyl (C=O) groups excluding carboxylic acids is 2. The van der Waals surface area contributed by atoms with E-state index in [0.29, 0.717) is 16.7 Å². The van der Waals surface area contributed by atoms with Gasteiger partial charge in [-0.25, -0.2) is 4.79 Å². The Hall–Kier alpha value is -3.82. The van der Waals surface area contributed by atoms with E-state index in [1.54, 1.807) is 48.5 Å². The lowest BCUT2D eigenvalue weighted by Gasteiger charge is -2.31. The van der Waals surface area contributed by atoms with E-state index in [9.17, 15) is 29.4 Å². The van der Waals surface area contributed by atoms with Gasteiger partial charge in [0.1, 0.15) is 5.92 Å². The second-order valence-corrected chi connectivity index (χ2v) is 8.50. The lowest BCUT2D eigenvalue weighted by atomic mass is 9.75. The van der Waals surface area contributed by atoms with E-state index in [4.69, 9.17) is 16.3 Å². The Kier molecular flexibility index (Phi) is 6.81. The Balaban J connectivity index is 1.56. The van der Waals surface area contributed by atoms with E-state index in [1.165, 1.54) is 6.92 Å². The highest BCUT2D eigenvalue weighted by molar-refractivity contribution is 6.31. The Morgan fingerprint density at radius 1 is 1.03 bits per heavy atom. The molecule has 2 amide bonds. The molecule has 2 aliphatic rings. The highest BCUT2D eigenvalue weighted by Crippen LogP contribution is 2.41. The van der Waals surface area contributed by atoms with Crippen molar-refractivity contribution in [3.05, 3.63) is 81.5 Å². The van der Waals surface area contributed by atoms with Crippen molar-refractivity contribution in [2.75, 3.05) is 19.8 Å². The Bertz CT molecular complexity index is 1270. The van der Waals surface area contributed by atoms with Gasteiger partial charge < -0.3 is 14.9 Å². The van der Waals surface area contributed by atoms with Crippen molar-refractivity contribution in [1.82, 2.24) is 4.90 Å². The number of imide groups is 1. The molecule has 2 heterocycles. The average molecular weight is 497 g/mol. The summed E-state index contributed by atoms with van der Waals surface area (Å²) >= 11 is 6.31. The largest absolute Gasteiger partial charge is 0.481 e. The van der Waals surface area contributed by atoms with Gasteiger partial charge in [-0.2, -0.15) is 0 Å². The molecule has 2 unspecified atom stereocenters. The Labute approximate surface area is 205 Å². The van der Waals surface area contributed by atoms with Crippen molar-refractivity contribution in [3.8, 4) is 0 Å². The fraction of sp³-hybridized carbons (Fsp3) is 0.240. The number of nitrogens with zero attached hydrogens (tertiary/aromatic N) is 2. The van der Waals surface area contributed by atoms with E-state index in [1.807, 2.05) is 0 Å². The number of hydrogen-bond acceptors (Lipinski definition) is 6. The van der Waals surface area contributed by atoms with Crippen LogP contribution in [0.15, 0.2) is 64.8 Å². The van der Waals surface area contributed by atoms with Crippen LogP contribution in [0.2, 0.25) is 5.02 Å². The molecule has 2 N–H and O–H groups in total. The van der Waals surface area contributed by atoms with Gasteiger partial charge in [0, 0.05) is 16.7 Å². The first kappa shape index (κ1) is 24.3. The predicted octanol–water partition coefficient (Wildman–Crippen LogP) is 3.25. The molecule has 0 saturated carbocycles. The number of hydrogen-bond donors (Lipinski definition) is 2. The smallest absolute Gasteiger partial charge is 0.334 e. The maximum Gasteiger partial charge on any atom is 0.334 e. The standard InChI is InChI=1S/C25H21ClN2O7/c1-13-19(24(31)32)20(16-8-4-5-9-17(16)26)21(25(33)34)18(27-13)12-35-11-10-28-22(29)14-6-2-3-7-15(14)23(28)30/h2-9,19-20H,10-12H2,1H3,(H,31,32)(H,33,34). The number of aliphatic carboxylic acids is 2. The number of carboxylic acid groups (broad SMARTS) is 2. The van der Waals surface area contributed by atoms with Crippen molar-refractivity contribution in [3.63, 3.8) is 0 Å². The summed E-state index contributed by atoms with van der Waals surface area (Å²) in [5.74, 6) is -5.70. The van der Waals surface area contributed by atoms with Crippen molar-refractivity contribution in [1.29, 1.82) is 0 Å². The number of amides is 2. The molecule has 0 bridgehead atoms. The normalized spacial score (nSPS) is 19.6. The van der Waals surface area contributed by atoms with Crippen LogP contribution in [0.4, 0.5) is 0 Å². The summed E-state index contributed by atoms with van der Waals surface area (Å²) in [6.45, 7) is 1.17. The first-order chi connectivity index (χ1) is 16.7. The zero-order valence-corrected chi connectivity index (χ0v) is 19.4. The van der Waals surface area contributed by atoms with Gasteiger partial charge in [-0.05, 0) is 30.7 Å². The minimum Gasteiger partial charge on any atom is -0.481 e. The maximum atomic E-state index is 12.5. The Morgan fingerprint density at radius 3 is 2.20 bits per heavy atom. The summed E-state index contributed by atoms with van der Waals surface area (Å²) in [4.78, 5) is 54.6. The minimum absolute atomic E-state index is 0.0313. The highest BCUT2D eigenvalue weighted by atomic mass is 35.5. The van der Waals surface area contributed by atoms with Gasteiger partial charge >= 0.3 is 11.9 Å². The molecule has 4 rings (SSSR count). The lowest BCUT2D eigenvalue weighted by molar-refractivity contribution is -0.140. The van der Waals surface area contributed by atoms with E-state index >= 15 is 0 Å². The molecule has 2 aliphatic heterocycles. The van der Waals surface area contributed by atoms with Crippen LogP contribution < -0.4 is 0 Å². The molecule has 0 fully saturated rings. The second-order valence-electron chi connectivity index (χ2n) is 8.09. The molecule has 0 aromatic heterocycles. The quantitative estimate of drug-likeness (QED) is 0.423. The number of halogens is 1.